The van der Waals surface area contributed by atoms with E-state index in [-0.39, 0.29) is 0 Å². The maximum atomic E-state index is 13.0. The molecule has 0 fully saturated rings. The van der Waals surface area contributed by atoms with Crippen LogP contribution in [0.2, 0.25) is 0 Å². The van der Waals surface area contributed by atoms with Crippen LogP contribution in [0.3, 0.4) is 0 Å². The van der Waals surface area contributed by atoms with E-state index in [9.17, 15) is 83.1 Å². The van der Waals surface area contributed by atoms with Crippen LogP contribution in [0.5, 0.6) is 11.5 Å². The number of rotatable bonds is 11. The van der Waals surface area contributed by atoms with Gasteiger partial charge in [0.15, 0.2) is 0 Å². The Labute approximate surface area is 286 Å². The second-order valence-corrected chi connectivity index (χ2v) is 12.0. The average Bonchev–Trinajstić information content (AvgIpc) is 3.03. The van der Waals surface area contributed by atoms with Crippen molar-refractivity contribution in [1.82, 2.24) is 0 Å². The number of thiol groups is 1. The first-order valence-corrected chi connectivity index (χ1v) is 14.9. The molecule has 52 heavy (non-hydrogen) atoms. The summed E-state index contributed by atoms with van der Waals surface area (Å²) in [5.41, 5.74) is 4.50. The lowest BCUT2D eigenvalue weighted by Gasteiger charge is -2.42. The zero-order chi connectivity index (χ0) is 40.7. The van der Waals surface area contributed by atoms with Crippen molar-refractivity contribution in [3.8, 4) is 33.8 Å². The van der Waals surface area contributed by atoms with Gasteiger partial charge in [0.05, 0.1) is 14.2 Å². The van der Waals surface area contributed by atoms with Gasteiger partial charge < -0.3 is 9.47 Å². The Bertz CT molecular complexity index is 1810. The van der Waals surface area contributed by atoms with Gasteiger partial charge in [-0.3, -0.25) is 4.55 Å². The molecule has 0 amide bonds. The van der Waals surface area contributed by atoms with E-state index < -0.39 is 57.1 Å². The Morgan fingerprint density at radius 2 is 0.865 bits per heavy atom. The van der Waals surface area contributed by atoms with Crippen LogP contribution in [0.1, 0.15) is 0 Å². The zero-order valence-corrected chi connectivity index (χ0v) is 26.9. The van der Waals surface area contributed by atoms with Gasteiger partial charge in [0.2, 0.25) is 0 Å². The molecule has 0 bridgehead atoms. The minimum Gasteiger partial charge on any atom is -0.497 e. The summed E-state index contributed by atoms with van der Waals surface area (Å²) in [6.45, 7) is 0. The van der Waals surface area contributed by atoms with Crippen LogP contribution in [0.15, 0.2) is 71.6 Å². The van der Waals surface area contributed by atoms with Gasteiger partial charge in [-0.1, -0.05) is 36.4 Å². The summed E-state index contributed by atoms with van der Waals surface area (Å²) < 4.78 is 253. The molecular formula is C28H19F17O5S2. The van der Waals surface area contributed by atoms with Gasteiger partial charge in [-0.2, -0.15) is 83.1 Å². The quantitative estimate of drug-likeness (QED) is 0.115. The van der Waals surface area contributed by atoms with Crippen LogP contribution >= 0.6 is 12.6 Å². The molecule has 0 aliphatic rings. The number of halogens is 17. The highest BCUT2D eigenvalue weighted by molar-refractivity contribution is 7.87. The van der Waals surface area contributed by atoms with E-state index in [0.717, 1.165) is 38.6 Å². The molecule has 0 aromatic heterocycles. The lowest BCUT2D eigenvalue weighted by Crippen LogP contribution is -2.74. The van der Waals surface area contributed by atoms with E-state index in [1.54, 1.807) is 14.2 Å². The maximum absolute atomic E-state index is 13.0. The van der Waals surface area contributed by atoms with Crippen LogP contribution in [0.4, 0.5) is 74.6 Å². The molecule has 0 saturated carbocycles. The number of hydrogen-bond acceptors (Lipinski definition) is 5. The van der Waals surface area contributed by atoms with Crippen molar-refractivity contribution in [2.75, 3.05) is 14.2 Å². The monoisotopic (exact) mass is 822 g/mol. The molecule has 0 aliphatic heterocycles. The number of ether oxygens (including phenoxy) is 2. The van der Waals surface area contributed by atoms with Gasteiger partial charge in [-0.05, 0) is 47.0 Å². The van der Waals surface area contributed by atoms with E-state index in [0.29, 0.717) is 0 Å². The minimum absolute atomic E-state index is 0.844. The number of alkyl halides is 17. The summed E-state index contributed by atoms with van der Waals surface area (Å²) in [6.07, 6.45) is -7.88. The van der Waals surface area contributed by atoms with E-state index >= 15 is 0 Å². The van der Waals surface area contributed by atoms with Crippen LogP contribution in [-0.4, -0.2) is 74.2 Å². The molecule has 1 N–H and O–H groups in total. The van der Waals surface area contributed by atoms with Crippen LogP contribution in [0, 0.1) is 0 Å². The van der Waals surface area contributed by atoms with E-state index in [2.05, 4.69) is 43.0 Å². The third-order valence-corrected chi connectivity index (χ3v) is 8.12. The Morgan fingerprint density at radius 3 is 1.21 bits per heavy atom. The Balaban J connectivity index is 0.000000367. The molecule has 0 aliphatic carbocycles. The van der Waals surface area contributed by atoms with Crippen molar-refractivity contribution >= 4 is 22.7 Å². The molecule has 3 aromatic rings. The minimum atomic E-state index is -8.89. The van der Waals surface area contributed by atoms with Gasteiger partial charge in [-0.25, -0.2) is 0 Å². The normalized spacial score (nSPS) is 14.0. The predicted molar refractivity (Wildman–Crippen MR) is 150 cm³/mol. The molecule has 3 aromatic carbocycles. The van der Waals surface area contributed by atoms with Crippen molar-refractivity contribution in [3.63, 3.8) is 0 Å². The first-order chi connectivity index (χ1) is 23.2. The van der Waals surface area contributed by atoms with Crippen molar-refractivity contribution in [2.45, 2.75) is 51.9 Å². The molecule has 5 nitrogen and oxygen atoms in total. The van der Waals surface area contributed by atoms with Crippen LogP contribution in [0.25, 0.3) is 22.3 Å². The predicted octanol–water partition coefficient (Wildman–Crippen LogP) is 10.2. The average molecular weight is 823 g/mol. The fourth-order valence-electron chi connectivity index (χ4n) is 3.92. The molecule has 24 heteroatoms. The summed E-state index contributed by atoms with van der Waals surface area (Å²) >= 11 is 4.66. The lowest BCUT2D eigenvalue weighted by molar-refractivity contribution is -0.458. The van der Waals surface area contributed by atoms with Crippen LogP contribution in [-0.2, 0) is 10.1 Å². The SMILES string of the molecule is COc1ccc(-c2cccc(S)c2-c2ccc(OC)cc2)cc1.O=S(=O)(O)C(F)(F)C(F)(F)C(F)(F)C(F)(F)C(F)(F)C(F)(F)C(F)(F)C(F)(F)F. The molecule has 3 rings (SSSR count). The third kappa shape index (κ3) is 7.28. The molecule has 0 atom stereocenters. The van der Waals surface area contributed by atoms with Crippen molar-refractivity contribution in [1.29, 1.82) is 0 Å². The summed E-state index contributed by atoms with van der Waals surface area (Å²) in [6, 6.07) is 22.3. The molecule has 0 saturated heterocycles. The Hall–Kier alpha value is -3.67. The highest BCUT2D eigenvalue weighted by Gasteiger charge is 2.96. The highest BCUT2D eigenvalue weighted by atomic mass is 32.2. The van der Waals surface area contributed by atoms with E-state index in [4.69, 9.17) is 14.0 Å². The largest absolute Gasteiger partial charge is 0.497 e. The van der Waals surface area contributed by atoms with Crippen LogP contribution < -0.4 is 9.47 Å². The van der Waals surface area contributed by atoms with Crippen molar-refractivity contribution in [3.05, 3.63) is 66.7 Å². The summed E-state index contributed by atoms with van der Waals surface area (Å²) in [5.74, 6) is -50.3. The standard InChI is InChI=1S/C20H18O2S.C8HF17O3S/c1-21-16-10-6-14(7-11-16)18-4-3-5-19(23)20(18)15-8-12-17(22-2)13-9-15;9-1(10,3(13,14)5(17,18)7(21,22)23)2(11,12)4(15,16)6(19,20)8(24,25)29(26,27)28/h3-13,23H,1-2H3;(H,26,27,28). The topological polar surface area (TPSA) is 72.8 Å². The molecule has 0 heterocycles. The first kappa shape index (κ1) is 44.5. The first-order valence-electron chi connectivity index (χ1n) is 13.0. The number of methoxy groups -OCH3 is 2. The van der Waals surface area contributed by atoms with Crippen molar-refractivity contribution < 1.29 is 97.1 Å². The molecular weight excluding hydrogens is 803 g/mol. The van der Waals surface area contributed by atoms with Gasteiger partial charge in [-0.15, -0.1) is 12.6 Å². The number of benzene rings is 3. The van der Waals surface area contributed by atoms with Gasteiger partial charge >= 0.3 is 57.1 Å². The maximum Gasteiger partial charge on any atom is 0.460 e. The zero-order valence-electron chi connectivity index (χ0n) is 25.2. The second kappa shape index (κ2) is 14.3. The van der Waals surface area contributed by atoms with Gasteiger partial charge in [0.1, 0.15) is 11.5 Å². The highest BCUT2D eigenvalue weighted by Crippen LogP contribution is 2.64. The molecule has 0 unspecified atom stereocenters. The summed E-state index contributed by atoms with van der Waals surface area (Å²) in [4.78, 5) is 0.948. The summed E-state index contributed by atoms with van der Waals surface area (Å²) in [7, 11) is -4.55. The number of hydrogen-bond donors (Lipinski definition) is 2. The third-order valence-electron chi connectivity index (χ3n) is 6.84. The second-order valence-electron chi connectivity index (χ2n) is 10.1. The smallest absolute Gasteiger partial charge is 0.460 e. The Kier molecular flexibility index (Phi) is 12.2. The lowest BCUT2D eigenvalue weighted by atomic mass is 9.91. The fraction of sp³-hybridized carbons (Fsp3) is 0.357. The fourth-order valence-corrected chi connectivity index (χ4v) is 4.71. The molecule has 0 radical (unpaired) electrons. The Morgan fingerprint density at radius 1 is 0.519 bits per heavy atom. The van der Waals surface area contributed by atoms with E-state index in [1.165, 1.54) is 0 Å². The van der Waals surface area contributed by atoms with E-state index in [1.807, 2.05) is 36.4 Å². The molecule has 292 valence electrons. The molecule has 0 spiro atoms. The van der Waals surface area contributed by atoms with Crippen molar-refractivity contribution in [2.24, 2.45) is 0 Å². The van der Waals surface area contributed by atoms with Gasteiger partial charge in [0.25, 0.3) is 0 Å². The van der Waals surface area contributed by atoms with Gasteiger partial charge in [0, 0.05) is 10.5 Å². The summed E-state index contributed by atoms with van der Waals surface area (Å²) in [5, 5.41) is -7.84.